The molecule has 11 heteroatoms. The molecule has 0 radical (unpaired) electrons. The monoisotopic (exact) mass is 460 g/mol. The maximum Gasteiger partial charge on any atom is 0.433 e. The number of nitrogens with zero attached hydrogens (tertiary/aromatic N) is 4. The minimum atomic E-state index is -4.58. The first-order valence-corrected chi connectivity index (χ1v) is 11.5. The molecule has 1 aromatic carbocycles. The van der Waals surface area contributed by atoms with Crippen LogP contribution in [0, 0.1) is 11.2 Å². The van der Waals surface area contributed by atoms with E-state index >= 15 is 0 Å². The molecule has 0 spiro atoms. The molecule has 2 aromatic rings. The van der Waals surface area contributed by atoms with Gasteiger partial charge < -0.3 is 9.80 Å². The van der Waals surface area contributed by atoms with Crippen LogP contribution >= 0.6 is 0 Å². The fourth-order valence-corrected chi connectivity index (χ4v) is 4.37. The van der Waals surface area contributed by atoms with Gasteiger partial charge in [0.25, 0.3) is 0 Å². The van der Waals surface area contributed by atoms with Crippen molar-refractivity contribution in [3.8, 4) is 0 Å². The lowest BCUT2D eigenvalue weighted by molar-refractivity contribution is -0.141. The van der Waals surface area contributed by atoms with Crippen molar-refractivity contribution in [3.05, 3.63) is 42.0 Å². The molecule has 0 amide bonds. The molecule has 1 aromatic heterocycles. The molecule has 1 saturated heterocycles. The summed E-state index contributed by atoms with van der Waals surface area (Å²) in [6, 6.07) is 4.45. The average molecular weight is 460 g/mol. The summed E-state index contributed by atoms with van der Waals surface area (Å²) < 4.78 is 77.1. The lowest BCUT2D eigenvalue weighted by atomic mass is 9.84. The largest absolute Gasteiger partial charge is 0.433 e. The van der Waals surface area contributed by atoms with Gasteiger partial charge in [-0.3, -0.25) is 0 Å². The molecule has 0 saturated carbocycles. The highest BCUT2D eigenvalue weighted by Gasteiger charge is 2.39. The van der Waals surface area contributed by atoms with E-state index in [0.29, 0.717) is 25.3 Å². The van der Waals surface area contributed by atoms with E-state index < -0.39 is 27.5 Å². The van der Waals surface area contributed by atoms with Gasteiger partial charge in [0.1, 0.15) is 16.4 Å². The molecule has 170 valence electrons. The number of halogens is 4. The van der Waals surface area contributed by atoms with Gasteiger partial charge in [-0.1, -0.05) is 20.8 Å². The number of rotatable bonds is 3. The Morgan fingerprint density at radius 3 is 2.35 bits per heavy atom. The summed E-state index contributed by atoms with van der Waals surface area (Å²) in [5.74, 6) is -0.833. The highest BCUT2D eigenvalue weighted by molar-refractivity contribution is 7.90. The standard InChI is InChI=1S/C20H24F4N4O2S/c1-19(2,3)17-12-27(13-5-6-14(21)15(11-13)31(4,29)30)9-10-28(17)18-25-8-7-16(26-18)20(22,23)24/h5-8,11,17H,9-10,12H2,1-4H3. The minimum Gasteiger partial charge on any atom is -0.368 e. The van der Waals surface area contributed by atoms with Gasteiger partial charge in [-0.15, -0.1) is 0 Å². The van der Waals surface area contributed by atoms with Crippen LogP contribution < -0.4 is 9.80 Å². The molecule has 1 aliphatic heterocycles. The number of alkyl halides is 3. The number of hydrogen-bond donors (Lipinski definition) is 0. The highest BCUT2D eigenvalue weighted by atomic mass is 32.2. The lowest BCUT2D eigenvalue weighted by Gasteiger charge is -2.48. The van der Waals surface area contributed by atoms with Gasteiger partial charge in [0, 0.05) is 37.8 Å². The Labute approximate surface area is 178 Å². The van der Waals surface area contributed by atoms with Crippen LogP contribution in [0.25, 0.3) is 0 Å². The van der Waals surface area contributed by atoms with Gasteiger partial charge in [-0.2, -0.15) is 13.2 Å². The topological polar surface area (TPSA) is 66.4 Å². The zero-order chi connectivity index (χ0) is 23.2. The number of sulfone groups is 1. The molecule has 1 aliphatic rings. The third kappa shape index (κ3) is 5.08. The van der Waals surface area contributed by atoms with Gasteiger partial charge >= 0.3 is 6.18 Å². The lowest BCUT2D eigenvalue weighted by Crippen LogP contribution is -2.59. The Morgan fingerprint density at radius 2 is 1.77 bits per heavy atom. The third-order valence-electron chi connectivity index (χ3n) is 5.25. The van der Waals surface area contributed by atoms with E-state index in [9.17, 15) is 26.0 Å². The van der Waals surface area contributed by atoms with Crippen molar-refractivity contribution in [1.29, 1.82) is 0 Å². The van der Waals surface area contributed by atoms with Gasteiger partial charge in [0.15, 0.2) is 9.84 Å². The predicted molar refractivity (Wildman–Crippen MR) is 109 cm³/mol. The third-order valence-corrected chi connectivity index (χ3v) is 6.36. The molecule has 1 unspecified atom stereocenters. The van der Waals surface area contributed by atoms with E-state index in [4.69, 9.17) is 0 Å². The molecule has 1 atom stereocenters. The number of hydrogen-bond acceptors (Lipinski definition) is 6. The van der Waals surface area contributed by atoms with Crippen LogP contribution in [-0.2, 0) is 16.0 Å². The first-order valence-electron chi connectivity index (χ1n) is 9.59. The van der Waals surface area contributed by atoms with Crippen molar-refractivity contribution in [1.82, 2.24) is 9.97 Å². The minimum absolute atomic E-state index is 0.00895. The number of benzene rings is 1. The molecule has 6 nitrogen and oxygen atoms in total. The summed E-state index contributed by atoms with van der Waals surface area (Å²) in [7, 11) is -3.75. The Hall–Kier alpha value is -2.43. The van der Waals surface area contributed by atoms with Crippen LogP contribution in [-0.4, -0.2) is 50.3 Å². The summed E-state index contributed by atoms with van der Waals surface area (Å²) >= 11 is 0. The van der Waals surface area contributed by atoms with Crippen LogP contribution in [0.2, 0.25) is 0 Å². The molecule has 0 bridgehead atoms. The smallest absolute Gasteiger partial charge is 0.368 e. The van der Waals surface area contributed by atoms with Gasteiger partial charge in [0.2, 0.25) is 5.95 Å². The van der Waals surface area contributed by atoms with Crippen LogP contribution in [0.15, 0.2) is 35.4 Å². The maximum absolute atomic E-state index is 14.0. The van der Waals surface area contributed by atoms with E-state index in [1.165, 1.54) is 12.1 Å². The summed E-state index contributed by atoms with van der Waals surface area (Å²) in [5.41, 5.74) is -0.847. The Bertz CT molecular complexity index is 1070. The molecular formula is C20H24F4N4O2S. The van der Waals surface area contributed by atoms with Gasteiger partial charge in [0.05, 0.1) is 6.04 Å². The maximum atomic E-state index is 14.0. The molecule has 2 heterocycles. The Morgan fingerprint density at radius 1 is 1.10 bits per heavy atom. The van der Waals surface area contributed by atoms with Crippen LogP contribution in [0.3, 0.4) is 0 Å². The number of aromatic nitrogens is 2. The van der Waals surface area contributed by atoms with Crippen molar-refractivity contribution < 1.29 is 26.0 Å². The van der Waals surface area contributed by atoms with Crippen molar-refractivity contribution in [2.75, 3.05) is 35.7 Å². The van der Waals surface area contributed by atoms with E-state index in [1.807, 2.05) is 25.7 Å². The summed E-state index contributed by atoms with van der Waals surface area (Å²) in [4.78, 5) is 11.0. The number of piperazine rings is 1. The SMILES string of the molecule is CC(C)(C)C1CN(c2ccc(F)c(S(C)(=O)=O)c2)CCN1c1nccc(C(F)(F)F)n1. The van der Waals surface area contributed by atoms with Crippen molar-refractivity contribution in [2.45, 2.75) is 37.9 Å². The molecular weight excluding hydrogens is 436 g/mol. The van der Waals surface area contributed by atoms with E-state index in [1.54, 1.807) is 4.90 Å². The van der Waals surface area contributed by atoms with Crippen LogP contribution in [0.4, 0.5) is 29.2 Å². The van der Waals surface area contributed by atoms with E-state index in [0.717, 1.165) is 24.6 Å². The normalized spacial score (nSPS) is 18.4. The Balaban J connectivity index is 1.95. The molecule has 3 rings (SSSR count). The quantitative estimate of drug-likeness (QED) is 0.650. The fraction of sp³-hybridized carbons (Fsp3) is 0.500. The van der Waals surface area contributed by atoms with Crippen molar-refractivity contribution >= 4 is 21.5 Å². The van der Waals surface area contributed by atoms with Crippen LogP contribution in [0.1, 0.15) is 26.5 Å². The Kier molecular flexibility index (Phi) is 5.94. The second kappa shape index (κ2) is 7.92. The second-order valence-corrected chi connectivity index (χ2v) is 10.6. The van der Waals surface area contributed by atoms with Crippen molar-refractivity contribution in [3.63, 3.8) is 0 Å². The van der Waals surface area contributed by atoms with Crippen molar-refractivity contribution in [2.24, 2.45) is 5.41 Å². The fourth-order valence-electron chi connectivity index (χ4n) is 3.62. The summed E-state index contributed by atoms with van der Waals surface area (Å²) in [6.07, 6.45) is -2.54. The second-order valence-electron chi connectivity index (χ2n) is 8.65. The summed E-state index contributed by atoms with van der Waals surface area (Å²) in [6.45, 7) is 6.92. The first-order chi connectivity index (χ1) is 14.2. The van der Waals surface area contributed by atoms with Gasteiger partial charge in [-0.05, 0) is 29.7 Å². The predicted octanol–water partition coefficient (Wildman–Crippen LogP) is 3.78. The molecule has 1 fully saturated rings. The van der Waals surface area contributed by atoms with E-state index in [2.05, 4.69) is 9.97 Å². The summed E-state index contributed by atoms with van der Waals surface area (Å²) in [5, 5.41) is 0. The number of anilines is 2. The highest BCUT2D eigenvalue weighted by Crippen LogP contribution is 2.34. The average Bonchev–Trinajstić information content (AvgIpc) is 2.66. The zero-order valence-corrected chi connectivity index (χ0v) is 18.4. The molecule has 0 N–H and O–H groups in total. The first kappa shape index (κ1) is 23.2. The van der Waals surface area contributed by atoms with Crippen LogP contribution in [0.5, 0.6) is 0 Å². The van der Waals surface area contributed by atoms with E-state index in [-0.39, 0.29) is 22.3 Å². The zero-order valence-electron chi connectivity index (χ0n) is 17.6. The molecule has 0 aliphatic carbocycles. The molecule has 31 heavy (non-hydrogen) atoms. The van der Waals surface area contributed by atoms with Gasteiger partial charge in [-0.25, -0.2) is 22.8 Å².